The van der Waals surface area contributed by atoms with Crippen LogP contribution < -0.4 is 5.32 Å². The standard InChI is InChI=1S/C12H16N4O2/c1-17-8-9-18-7-6-13-12-14-10-4-2-3-5-11(10)15-16-12/h2-5H,6-9H2,1H3,(H,13,14,16). The van der Waals surface area contributed by atoms with Crippen LogP contribution in [0.2, 0.25) is 0 Å². The molecule has 1 N–H and O–H groups in total. The van der Waals surface area contributed by atoms with Crippen LogP contribution in [0.1, 0.15) is 0 Å². The van der Waals surface area contributed by atoms with Crippen molar-refractivity contribution in [2.24, 2.45) is 0 Å². The monoisotopic (exact) mass is 248 g/mol. The Morgan fingerprint density at radius 2 is 1.89 bits per heavy atom. The van der Waals surface area contributed by atoms with Crippen molar-refractivity contribution >= 4 is 17.0 Å². The summed E-state index contributed by atoms with van der Waals surface area (Å²) in [5.41, 5.74) is 1.62. The molecule has 0 radical (unpaired) electrons. The summed E-state index contributed by atoms with van der Waals surface area (Å²) < 4.78 is 10.2. The van der Waals surface area contributed by atoms with Gasteiger partial charge in [0.2, 0.25) is 5.95 Å². The van der Waals surface area contributed by atoms with Crippen molar-refractivity contribution in [1.29, 1.82) is 0 Å². The Kier molecular flexibility index (Phi) is 4.80. The van der Waals surface area contributed by atoms with Gasteiger partial charge in [-0.05, 0) is 12.1 Å². The van der Waals surface area contributed by atoms with Gasteiger partial charge in [0.1, 0.15) is 5.52 Å². The summed E-state index contributed by atoms with van der Waals surface area (Å²) in [5, 5.41) is 11.1. The van der Waals surface area contributed by atoms with Gasteiger partial charge in [-0.25, -0.2) is 4.98 Å². The molecule has 0 aliphatic carbocycles. The highest BCUT2D eigenvalue weighted by atomic mass is 16.5. The summed E-state index contributed by atoms with van der Waals surface area (Å²) in [7, 11) is 1.65. The zero-order chi connectivity index (χ0) is 12.6. The number of methoxy groups -OCH3 is 1. The second kappa shape index (κ2) is 6.83. The van der Waals surface area contributed by atoms with E-state index in [1.807, 2.05) is 24.3 Å². The summed E-state index contributed by atoms with van der Waals surface area (Å²) in [5.74, 6) is 0.518. The molecule has 0 saturated heterocycles. The van der Waals surface area contributed by atoms with Crippen LogP contribution in [0.15, 0.2) is 24.3 Å². The zero-order valence-corrected chi connectivity index (χ0v) is 10.3. The van der Waals surface area contributed by atoms with E-state index in [1.165, 1.54) is 0 Å². The van der Waals surface area contributed by atoms with Crippen LogP contribution in [-0.4, -0.2) is 48.7 Å². The molecule has 1 aromatic carbocycles. The lowest BCUT2D eigenvalue weighted by Gasteiger charge is -2.05. The second-order valence-electron chi connectivity index (χ2n) is 3.66. The van der Waals surface area contributed by atoms with Crippen molar-refractivity contribution in [2.75, 3.05) is 38.8 Å². The summed E-state index contributed by atoms with van der Waals surface area (Å²) in [6.07, 6.45) is 0. The van der Waals surface area contributed by atoms with Gasteiger partial charge in [-0.3, -0.25) is 0 Å². The molecule has 6 nitrogen and oxygen atoms in total. The highest BCUT2D eigenvalue weighted by Gasteiger charge is 1.99. The van der Waals surface area contributed by atoms with Crippen molar-refractivity contribution in [3.63, 3.8) is 0 Å². The van der Waals surface area contributed by atoms with E-state index >= 15 is 0 Å². The fourth-order valence-electron chi connectivity index (χ4n) is 1.44. The molecule has 0 aliphatic heterocycles. The lowest BCUT2D eigenvalue weighted by molar-refractivity contribution is 0.0759. The smallest absolute Gasteiger partial charge is 0.243 e. The van der Waals surface area contributed by atoms with Gasteiger partial charge in [0.15, 0.2) is 0 Å². The molecular weight excluding hydrogens is 232 g/mol. The predicted molar refractivity (Wildman–Crippen MR) is 68.5 cm³/mol. The Morgan fingerprint density at radius 3 is 2.72 bits per heavy atom. The summed E-state index contributed by atoms with van der Waals surface area (Å²) in [6, 6.07) is 7.63. The van der Waals surface area contributed by atoms with Crippen molar-refractivity contribution in [3.05, 3.63) is 24.3 Å². The predicted octanol–water partition coefficient (Wildman–Crippen LogP) is 1.10. The third-order valence-electron chi connectivity index (χ3n) is 2.32. The Morgan fingerprint density at radius 1 is 1.06 bits per heavy atom. The van der Waals surface area contributed by atoms with Crippen LogP contribution in [0.3, 0.4) is 0 Å². The van der Waals surface area contributed by atoms with E-state index in [-0.39, 0.29) is 0 Å². The molecule has 1 heterocycles. The van der Waals surface area contributed by atoms with Crippen LogP contribution in [0, 0.1) is 0 Å². The number of ether oxygens (including phenoxy) is 2. The van der Waals surface area contributed by atoms with Crippen molar-refractivity contribution in [3.8, 4) is 0 Å². The molecule has 1 aromatic heterocycles. The molecule has 0 spiro atoms. The highest BCUT2D eigenvalue weighted by Crippen LogP contribution is 2.08. The third-order valence-corrected chi connectivity index (χ3v) is 2.32. The topological polar surface area (TPSA) is 69.2 Å². The number of rotatable bonds is 7. The molecule has 0 saturated carbocycles. The van der Waals surface area contributed by atoms with E-state index in [2.05, 4.69) is 20.5 Å². The van der Waals surface area contributed by atoms with E-state index in [9.17, 15) is 0 Å². The number of aromatic nitrogens is 3. The number of hydrogen-bond donors (Lipinski definition) is 1. The minimum atomic E-state index is 0.518. The zero-order valence-electron chi connectivity index (χ0n) is 10.3. The van der Waals surface area contributed by atoms with Gasteiger partial charge in [-0.15, -0.1) is 10.2 Å². The third kappa shape index (κ3) is 3.61. The summed E-state index contributed by atoms with van der Waals surface area (Å²) in [6.45, 7) is 2.42. The minimum absolute atomic E-state index is 0.518. The lowest BCUT2D eigenvalue weighted by Crippen LogP contribution is -2.13. The number of hydrogen-bond acceptors (Lipinski definition) is 6. The van der Waals surface area contributed by atoms with Gasteiger partial charge in [0.05, 0.1) is 25.3 Å². The van der Waals surface area contributed by atoms with Crippen LogP contribution >= 0.6 is 0 Å². The Bertz CT molecular complexity index is 492. The van der Waals surface area contributed by atoms with Gasteiger partial charge in [-0.2, -0.15) is 0 Å². The maximum Gasteiger partial charge on any atom is 0.243 e. The molecule has 6 heteroatoms. The van der Waals surface area contributed by atoms with Crippen LogP contribution in [0.4, 0.5) is 5.95 Å². The van der Waals surface area contributed by atoms with E-state index in [1.54, 1.807) is 7.11 Å². The van der Waals surface area contributed by atoms with E-state index in [0.29, 0.717) is 32.3 Å². The SMILES string of the molecule is COCCOCCNc1nnc2ccccc2n1. The molecule has 2 rings (SSSR count). The average Bonchev–Trinajstić information content (AvgIpc) is 2.42. The van der Waals surface area contributed by atoms with Gasteiger partial charge in [0.25, 0.3) is 0 Å². The van der Waals surface area contributed by atoms with E-state index in [4.69, 9.17) is 9.47 Å². The number of nitrogens with zero attached hydrogens (tertiary/aromatic N) is 3. The number of anilines is 1. The molecule has 0 fully saturated rings. The molecule has 0 atom stereocenters. The van der Waals surface area contributed by atoms with E-state index in [0.717, 1.165) is 11.0 Å². The first kappa shape index (κ1) is 12.7. The summed E-state index contributed by atoms with van der Waals surface area (Å²) in [4.78, 5) is 4.34. The molecule has 0 aliphatic rings. The first-order chi connectivity index (χ1) is 8.90. The Labute approximate surface area is 105 Å². The minimum Gasteiger partial charge on any atom is -0.382 e. The largest absolute Gasteiger partial charge is 0.382 e. The molecule has 0 amide bonds. The number of para-hydroxylation sites is 1. The maximum atomic E-state index is 5.32. The van der Waals surface area contributed by atoms with Gasteiger partial charge in [0, 0.05) is 13.7 Å². The van der Waals surface area contributed by atoms with Gasteiger partial charge >= 0.3 is 0 Å². The normalized spacial score (nSPS) is 10.7. The fraction of sp³-hybridized carbons (Fsp3) is 0.417. The fourth-order valence-corrected chi connectivity index (χ4v) is 1.44. The first-order valence-electron chi connectivity index (χ1n) is 5.80. The molecule has 2 aromatic rings. The number of nitrogens with one attached hydrogen (secondary N) is 1. The molecule has 18 heavy (non-hydrogen) atoms. The number of fused-ring (bicyclic) bond motifs is 1. The van der Waals surface area contributed by atoms with Gasteiger partial charge < -0.3 is 14.8 Å². The van der Waals surface area contributed by atoms with Crippen LogP contribution in [0.5, 0.6) is 0 Å². The second-order valence-corrected chi connectivity index (χ2v) is 3.66. The lowest BCUT2D eigenvalue weighted by atomic mass is 10.3. The quantitative estimate of drug-likeness (QED) is 0.740. The Balaban J connectivity index is 1.81. The molecule has 0 bridgehead atoms. The number of benzene rings is 1. The van der Waals surface area contributed by atoms with Crippen molar-refractivity contribution < 1.29 is 9.47 Å². The van der Waals surface area contributed by atoms with Crippen molar-refractivity contribution in [1.82, 2.24) is 15.2 Å². The first-order valence-corrected chi connectivity index (χ1v) is 5.80. The van der Waals surface area contributed by atoms with E-state index < -0.39 is 0 Å². The van der Waals surface area contributed by atoms with Crippen LogP contribution in [0.25, 0.3) is 11.0 Å². The molecular formula is C12H16N4O2. The summed E-state index contributed by atoms with van der Waals surface area (Å²) >= 11 is 0. The molecule has 0 unspecified atom stereocenters. The average molecular weight is 248 g/mol. The van der Waals surface area contributed by atoms with Crippen LogP contribution in [-0.2, 0) is 9.47 Å². The maximum absolute atomic E-state index is 5.32. The van der Waals surface area contributed by atoms with Gasteiger partial charge in [-0.1, -0.05) is 12.1 Å². The Hall–Kier alpha value is -1.79. The highest BCUT2D eigenvalue weighted by molar-refractivity contribution is 5.73. The molecule has 96 valence electrons. The van der Waals surface area contributed by atoms with Crippen molar-refractivity contribution in [2.45, 2.75) is 0 Å².